The zero-order valence-corrected chi connectivity index (χ0v) is 19.4. The maximum absolute atomic E-state index is 12.7. The third kappa shape index (κ3) is 5.07. The third-order valence-corrected chi connectivity index (χ3v) is 6.38. The van der Waals surface area contributed by atoms with E-state index in [1.807, 2.05) is 43.3 Å². The summed E-state index contributed by atoms with van der Waals surface area (Å²) >= 11 is 6.04. The summed E-state index contributed by atoms with van der Waals surface area (Å²) < 4.78 is 5.52. The van der Waals surface area contributed by atoms with Crippen LogP contribution in [0, 0.1) is 0 Å². The van der Waals surface area contributed by atoms with Crippen LogP contribution in [0.5, 0.6) is 5.75 Å². The van der Waals surface area contributed by atoms with Crippen LogP contribution in [0.15, 0.2) is 60.7 Å². The van der Waals surface area contributed by atoms with Crippen LogP contribution in [0.4, 0.5) is 0 Å². The Labute approximate surface area is 194 Å². The molecular formula is C26H30ClN3O2. The Bertz CT molecular complexity index is 1070. The van der Waals surface area contributed by atoms with Crippen LogP contribution < -0.4 is 15.4 Å². The number of nitrogens with zero attached hydrogens (tertiary/aromatic N) is 1. The molecule has 3 aromatic carbocycles. The Morgan fingerprint density at radius 1 is 1.09 bits per heavy atom. The quantitative estimate of drug-likeness (QED) is 0.534. The number of methoxy groups -OCH3 is 1. The maximum atomic E-state index is 12.7. The smallest absolute Gasteiger partial charge is 0.237 e. The van der Waals surface area contributed by atoms with Gasteiger partial charge in [0.25, 0.3) is 0 Å². The highest BCUT2D eigenvalue weighted by Gasteiger charge is 2.36. The van der Waals surface area contributed by atoms with Gasteiger partial charge in [0.2, 0.25) is 5.91 Å². The van der Waals surface area contributed by atoms with Crippen LogP contribution in [-0.4, -0.2) is 43.1 Å². The summed E-state index contributed by atoms with van der Waals surface area (Å²) in [5.74, 6) is 0.983. The molecule has 3 aromatic rings. The normalized spacial score (nSPS) is 18.7. The number of carbonyl (C=O) groups excluding carboxylic acids is 1. The number of nitrogens with one attached hydrogen (secondary N) is 2. The zero-order chi connectivity index (χ0) is 22.5. The summed E-state index contributed by atoms with van der Waals surface area (Å²) in [6.45, 7) is 4.88. The lowest BCUT2D eigenvalue weighted by molar-refractivity contribution is -0.125. The van der Waals surface area contributed by atoms with Gasteiger partial charge in [0.05, 0.1) is 13.2 Å². The molecule has 1 saturated heterocycles. The van der Waals surface area contributed by atoms with Crippen LogP contribution >= 0.6 is 11.6 Å². The highest BCUT2D eigenvalue weighted by Crippen LogP contribution is 2.29. The number of halogens is 1. The van der Waals surface area contributed by atoms with Gasteiger partial charge in [0.15, 0.2) is 0 Å². The van der Waals surface area contributed by atoms with E-state index in [0.29, 0.717) is 6.54 Å². The molecule has 0 aliphatic carbocycles. The van der Waals surface area contributed by atoms with Gasteiger partial charge in [-0.05, 0) is 48.1 Å². The van der Waals surface area contributed by atoms with E-state index in [1.54, 1.807) is 7.11 Å². The topological polar surface area (TPSA) is 53.6 Å². The predicted octanol–water partition coefficient (Wildman–Crippen LogP) is 4.37. The van der Waals surface area contributed by atoms with Crippen molar-refractivity contribution in [3.8, 4) is 5.75 Å². The van der Waals surface area contributed by atoms with Crippen molar-refractivity contribution in [2.24, 2.45) is 0 Å². The van der Waals surface area contributed by atoms with Crippen molar-refractivity contribution in [2.75, 3.05) is 20.2 Å². The monoisotopic (exact) mass is 451 g/mol. The second-order valence-corrected chi connectivity index (χ2v) is 8.69. The summed E-state index contributed by atoms with van der Waals surface area (Å²) in [6, 6.07) is 20.4. The van der Waals surface area contributed by atoms with Crippen LogP contribution in [-0.2, 0) is 17.9 Å². The number of fused-ring (bicyclic) bond motifs is 1. The Morgan fingerprint density at radius 2 is 1.84 bits per heavy atom. The highest BCUT2D eigenvalue weighted by molar-refractivity contribution is 6.30. The molecule has 5 nitrogen and oxygen atoms in total. The van der Waals surface area contributed by atoms with Crippen molar-refractivity contribution in [3.05, 3.63) is 76.8 Å². The van der Waals surface area contributed by atoms with Gasteiger partial charge in [-0.2, -0.15) is 0 Å². The summed E-state index contributed by atoms with van der Waals surface area (Å²) in [7, 11) is 1.70. The van der Waals surface area contributed by atoms with E-state index in [1.165, 1.54) is 10.9 Å². The van der Waals surface area contributed by atoms with Gasteiger partial charge in [-0.15, -0.1) is 0 Å². The largest absolute Gasteiger partial charge is 0.496 e. The van der Waals surface area contributed by atoms with E-state index in [9.17, 15) is 4.79 Å². The minimum atomic E-state index is -0.143. The van der Waals surface area contributed by atoms with Gasteiger partial charge < -0.3 is 15.4 Å². The Balaban J connectivity index is 1.47. The molecular weight excluding hydrogens is 422 g/mol. The van der Waals surface area contributed by atoms with Crippen molar-refractivity contribution in [1.29, 1.82) is 0 Å². The van der Waals surface area contributed by atoms with E-state index in [-0.39, 0.29) is 18.0 Å². The SMILES string of the molecule is CCNC(=O)[C@@H]1C[C@H](NCc2ccc(OC)c3ccccc23)CN1Cc1ccc(Cl)cc1. The fourth-order valence-corrected chi connectivity index (χ4v) is 4.66. The Kier molecular flexibility index (Phi) is 7.30. The van der Waals surface area contributed by atoms with Crippen LogP contribution in [0.1, 0.15) is 24.5 Å². The van der Waals surface area contributed by atoms with Crippen molar-refractivity contribution < 1.29 is 9.53 Å². The minimum absolute atomic E-state index is 0.0978. The average molecular weight is 452 g/mol. The number of hydrogen-bond acceptors (Lipinski definition) is 4. The predicted molar refractivity (Wildman–Crippen MR) is 130 cm³/mol. The van der Waals surface area contributed by atoms with E-state index in [0.717, 1.165) is 47.8 Å². The van der Waals surface area contributed by atoms with Gasteiger partial charge >= 0.3 is 0 Å². The molecule has 1 aliphatic rings. The molecule has 2 N–H and O–H groups in total. The molecule has 0 aromatic heterocycles. The van der Waals surface area contributed by atoms with Gasteiger partial charge in [-0.1, -0.05) is 54.1 Å². The second kappa shape index (κ2) is 10.3. The minimum Gasteiger partial charge on any atom is -0.496 e. The number of hydrogen-bond donors (Lipinski definition) is 2. The fraction of sp³-hybridized carbons (Fsp3) is 0.346. The van der Waals surface area contributed by atoms with Crippen molar-refractivity contribution >= 4 is 28.3 Å². The summed E-state index contributed by atoms with van der Waals surface area (Å²) in [5.41, 5.74) is 2.39. The average Bonchev–Trinajstić information content (AvgIpc) is 3.22. The number of ether oxygens (including phenoxy) is 1. The Hall–Kier alpha value is -2.60. The lowest BCUT2D eigenvalue weighted by Crippen LogP contribution is -2.42. The van der Waals surface area contributed by atoms with Crippen LogP contribution in [0.2, 0.25) is 5.02 Å². The number of rotatable bonds is 8. The van der Waals surface area contributed by atoms with Gasteiger partial charge in [0.1, 0.15) is 5.75 Å². The van der Waals surface area contributed by atoms with Gasteiger partial charge in [0, 0.05) is 42.6 Å². The summed E-state index contributed by atoms with van der Waals surface area (Å²) in [4.78, 5) is 15.0. The molecule has 6 heteroatoms. The number of benzene rings is 3. The molecule has 1 amide bonds. The first kappa shape index (κ1) is 22.6. The molecule has 0 saturated carbocycles. The molecule has 2 atom stereocenters. The number of likely N-dealkylation sites (N-methyl/N-ethyl adjacent to an activating group) is 1. The van der Waals surface area contributed by atoms with Crippen molar-refractivity contribution in [2.45, 2.75) is 38.5 Å². The maximum Gasteiger partial charge on any atom is 0.237 e. The lowest BCUT2D eigenvalue weighted by Gasteiger charge is -2.23. The summed E-state index contributed by atoms with van der Waals surface area (Å²) in [5, 5.41) is 9.73. The Morgan fingerprint density at radius 3 is 2.56 bits per heavy atom. The molecule has 1 heterocycles. The molecule has 1 aliphatic heterocycles. The third-order valence-electron chi connectivity index (χ3n) is 6.13. The number of amides is 1. The fourth-order valence-electron chi connectivity index (χ4n) is 4.54. The number of carbonyl (C=O) groups is 1. The lowest BCUT2D eigenvalue weighted by atomic mass is 10.0. The molecule has 0 bridgehead atoms. The summed E-state index contributed by atoms with van der Waals surface area (Å²) in [6.07, 6.45) is 0.785. The first-order chi connectivity index (χ1) is 15.6. The van der Waals surface area contributed by atoms with E-state index < -0.39 is 0 Å². The molecule has 32 heavy (non-hydrogen) atoms. The highest BCUT2D eigenvalue weighted by atomic mass is 35.5. The molecule has 0 unspecified atom stereocenters. The van der Waals surface area contributed by atoms with Crippen LogP contribution in [0.3, 0.4) is 0 Å². The molecule has 0 radical (unpaired) electrons. The standard InChI is InChI=1S/C26H30ClN3O2/c1-3-28-26(31)24-14-21(17-30(24)16-18-8-11-20(27)12-9-18)29-15-19-10-13-25(32-2)23-7-5-4-6-22(19)23/h4-13,21,24,29H,3,14-17H2,1-2H3,(H,28,31)/t21-,24-/m0/s1. The van der Waals surface area contributed by atoms with Crippen molar-refractivity contribution in [3.63, 3.8) is 0 Å². The van der Waals surface area contributed by atoms with Crippen molar-refractivity contribution in [1.82, 2.24) is 15.5 Å². The first-order valence-corrected chi connectivity index (χ1v) is 11.5. The van der Waals surface area contributed by atoms with Gasteiger partial charge in [-0.25, -0.2) is 0 Å². The zero-order valence-electron chi connectivity index (χ0n) is 18.6. The second-order valence-electron chi connectivity index (χ2n) is 8.25. The van der Waals surface area contributed by atoms with E-state index in [2.05, 4.69) is 39.8 Å². The first-order valence-electron chi connectivity index (χ1n) is 11.1. The van der Waals surface area contributed by atoms with E-state index >= 15 is 0 Å². The molecule has 0 spiro atoms. The molecule has 1 fully saturated rings. The van der Waals surface area contributed by atoms with Gasteiger partial charge in [-0.3, -0.25) is 9.69 Å². The molecule has 168 valence electrons. The van der Waals surface area contributed by atoms with Crippen LogP contribution in [0.25, 0.3) is 10.8 Å². The van der Waals surface area contributed by atoms with E-state index in [4.69, 9.17) is 16.3 Å². The molecule has 4 rings (SSSR count). The number of likely N-dealkylation sites (tertiary alicyclic amines) is 1.